The van der Waals surface area contributed by atoms with Crippen LogP contribution in [0.15, 0.2) is 10.5 Å². The zero-order valence-electron chi connectivity index (χ0n) is 6.82. The van der Waals surface area contributed by atoms with Gasteiger partial charge < -0.3 is 4.74 Å². The van der Waals surface area contributed by atoms with Gasteiger partial charge in [0.05, 0.1) is 10.2 Å². The lowest BCUT2D eigenvalue weighted by molar-refractivity contribution is -0.276. The van der Waals surface area contributed by atoms with Crippen molar-refractivity contribution in [1.29, 1.82) is 0 Å². The molecule has 0 atom stereocenters. The predicted octanol–water partition coefficient (Wildman–Crippen LogP) is 3.19. The molecule has 0 saturated carbocycles. The van der Waals surface area contributed by atoms with Gasteiger partial charge in [-0.2, -0.15) is 0 Å². The van der Waals surface area contributed by atoms with Gasteiger partial charge in [0, 0.05) is 6.07 Å². The number of halogens is 5. The van der Waals surface area contributed by atoms with Crippen LogP contribution in [0.25, 0.3) is 0 Å². The van der Waals surface area contributed by atoms with E-state index in [4.69, 9.17) is 0 Å². The Morgan fingerprint density at radius 3 is 2.43 bits per heavy atom. The second-order valence-corrected chi connectivity index (χ2v) is 3.24. The molecule has 1 aromatic rings. The van der Waals surface area contributed by atoms with Crippen LogP contribution in [0.1, 0.15) is 5.69 Å². The minimum absolute atomic E-state index is 0.121. The summed E-state index contributed by atoms with van der Waals surface area (Å²) in [5.41, 5.74) is -0.168. The van der Waals surface area contributed by atoms with Crippen molar-refractivity contribution in [2.24, 2.45) is 0 Å². The molecule has 14 heavy (non-hydrogen) atoms. The van der Waals surface area contributed by atoms with Gasteiger partial charge in [-0.05, 0) is 22.9 Å². The van der Waals surface area contributed by atoms with Gasteiger partial charge in [-0.3, -0.25) is 0 Å². The highest BCUT2D eigenvalue weighted by Crippen LogP contribution is 2.26. The van der Waals surface area contributed by atoms with Crippen LogP contribution in [0, 0.1) is 12.7 Å². The highest BCUT2D eigenvalue weighted by Gasteiger charge is 2.32. The number of hydrogen-bond acceptors (Lipinski definition) is 2. The second kappa shape index (κ2) is 3.72. The minimum atomic E-state index is -4.82. The van der Waals surface area contributed by atoms with Crippen LogP contribution in [0.5, 0.6) is 5.88 Å². The van der Waals surface area contributed by atoms with Gasteiger partial charge in [0.25, 0.3) is 0 Å². The van der Waals surface area contributed by atoms with Crippen molar-refractivity contribution in [3.05, 3.63) is 22.1 Å². The smallest absolute Gasteiger partial charge is 0.388 e. The highest BCUT2D eigenvalue weighted by atomic mass is 79.9. The monoisotopic (exact) mass is 273 g/mol. The van der Waals surface area contributed by atoms with Crippen molar-refractivity contribution < 1.29 is 22.3 Å². The third kappa shape index (κ3) is 2.83. The normalized spacial score (nSPS) is 11.6. The van der Waals surface area contributed by atoms with Crippen molar-refractivity contribution in [1.82, 2.24) is 4.98 Å². The molecule has 0 amide bonds. The quantitative estimate of drug-likeness (QED) is 0.734. The SMILES string of the molecule is Cc1nc(OC(F)(F)F)cc(Br)c1F. The first kappa shape index (κ1) is 11.2. The summed E-state index contributed by atoms with van der Waals surface area (Å²) in [6, 6.07) is 0.815. The predicted molar refractivity (Wildman–Crippen MR) is 43.3 cm³/mol. The first-order valence-electron chi connectivity index (χ1n) is 3.38. The fourth-order valence-corrected chi connectivity index (χ4v) is 1.24. The van der Waals surface area contributed by atoms with Crippen molar-refractivity contribution in [2.45, 2.75) is 13.3 Å². The van der Waals surface area contributed by atoms with E-state index in [-0.39, 0.29) is 10.2 Å². The van der Waals surface area contributed by atoms with Crippen LogP contribution < -0.4 is 4.74 Å². The van der Waals surface area contributed by atoms with Gasteiger partial charge in [0.1, 0.15) is 0 Å². The molecule has 0 bridgehead atoms. The fourth-order valence-electron chi connectivity index (χ4n) is 0.762. The number of ether oxygens (including phenoxy) is 1. The van der Waals surface area contributed by atoms with Gasteiger partial charge in [-0.25, -0.2) is 9.37 Å². The van der Waals surface area contributed by atoms with E-state index in [9.17, 15) is 17.6 Å². The maximum Gasteiger partial charge on any atom is 0.574 e. The molecule has 0 spiro atoms. The first-order chi connectivity index (χ1) is 6.29. The summed E-state index contributed by atoms with van der Waals surface area (Å²) in [6.07, 6.45) is -4.82. The number of pyridine rings is 1. The Labute approximate surface area is 85.0 Å². The molecule has 0 radical (unpaired) electrons. The Bertz CT molecular complexity index is 329. The standard InChI is InChI=1S/C7H4BrF4NO/c1-3-6(9)4(8)2-5(13-3)14-7(10,11)12/h2H,1H3. The molecule has 1 heterocycles. The van der Waals surface area contributed by atoms with Crippen LogP contribution in [-0.2, 0) is 0 Å². The van der Waals surface area contributed by atoms with Gasteiger partial charge in [-0.15, -0.1) is 13.2 Å². The molecule has 2 nitrogen and oxygen atoms in total. The van der Waals surface area contributed by atoms with E-state index >= 15 is 0 Å². The first-order valence-corrected chi connectivity index (χ1v) is 4.17. The van der Waals surface area contributed by atoms with Crippen LogP contribution in [-0.4, -0.2) is 11.3 Å². The molecule has 7 heteroatoms. The van der Waals surface area contributed by atoms with Crippen molar-refractivity contribution in [3.8, 4) is 5.88 Å². The van der Waals surface area contributed by atoms with Crippen LogP contribution >= 0.6 is 15.9 Å². The average molecular weight is 274 g/mol. The maximum atomic E-state index is 12.9. The molecule has 1 rings (SSSR count). The van der Waals surface area contributed by atoms with E-state index in [0.717, 1.165) is 6.07 Å². The van der Waals surface area contributed by atoms with Crippen LogP contribution in [0.3, 0.4) is 0 Å². The van der Waals surface area contributed by atoms with Crippen molar-refractivity contribution >= 4 is 15.9 Å². The van der Waals surface area contributed by atoms with E-state index in [1.807, 2.05) is 0 Å². The molecule has 1 aromatic heterocycles. The molecule has 0 N–H and O–H groups in total. The summed E-state index contributed by atoms with van der Waals surface area (Å²) in [5.74, 6) is -1.40. The topological polar surface area (TPSA) is 22.1 Å². The fraction of sp³-hybridized carbons (Fsp3) is 0.286. The number of alkyl halides is 3. The third-order valence-electron chi connectivity index (χ3n) is 1.28. The highest BCUT2D eigenvalue weighted by molar-refractivity contribution is 9.10. The lowest BCUT2D eigenvalue weighted by atomic mass is 10.3. The molecule has 0 aliphatic heterocycles. The number of aryl methyl sites for hydroxylation is 1. The van der Waals surface area contributed by atoms with Crippen molar-refractivity contribution in [3.63, 3.8) is 0 Å². The van der Waals surface area contributed by atoms with Crippen LogP contribution in [0.4, 0.5) is 17.6 Å². The zero-order chi connectivity index (χ0) is 10.9. The third-order valence-corrected chi connectivity index (χ3v) is 1.85. The Balaban J connectivity index is 3.02. The van der Waals surface area contributed by atoms with Crippen molar-refractivity contribution in [2.75, 3.05) is 0 Å². The number of rotatable bonds is 1. The molecule has 0 aliphatic carbocycles. The summed E-state index contributed by atoms with van der Waals surface area (Å²) in [5, 5.41) is 0. The Morgan fingerprint density at radius 1 is 1.43 bits per heavy atom. The largest absolute Gasteiger partial charge is 0.574 e. The van der Waals surface area contributed by atoms with E-state index in [1.54, 1.807) is 0 Å². The Hall–Kier alpha value is -0.850. The molecule has 0 saturated heterocycles. The average Bonchev–Trinajstić information content (AvgIpc) is 1.96. The molecule has 78 valence electrons. The number of nitrogens with zero attached hydrogens (tertiary/aromatic N) is 1. The Kier molecular flexibility index (Phi) is 2.98. The summed E-state index contributed by atoms with van der Waals surface area (Å²) < 4.78 is 51.5. The molecule has 0 aliphatic rings. The van der Waals surface area contributed by atoms with Gasteiger partial charge >= 0.3 is 6.36 Å². The van der Waals surface area contributed by atoms with E-state index in [1.165, 1.54) is 6.92 Å². The number of hydrogen-bond donors (Lipinski definition) is 0. The molecule has 0 fully saturated rings. The maximum absolute atomic E-state index is 12.9. The zero-order valence-corrected chi connectivity index (χ0v) is 8.41. The minimum Gasteiger partial charge on any atom is -0.388 e. The van der Waals surface area contributed by atoms with Gasteiger partial charge in [-0.1, -0.05) is 0 Å². The lowest BCUT2D eigenvalue weighted by Crippen LogP contribution is -2.18. The van der Waals surface area contributed by atoms with E-state index < -0.39 is 18.1 Å². The van der Waals surface area contributed by atoms with E-state index in [2.05, 4.69) is 25.7 Å². The summed E-state index contributed by atoms with van der Waals surface area (Å²) in [6.45, 7) is 1.24. The van der Waals surface area contributed by atoms with E-state index in [0.29, 0.717) is 0 Å². The molecular formula is C7H4BrF4NO. The Morgan fingerprint density at radius 2 is 2.00 bits per heavy atom. The molecule has 0 aromatic carbocycles. The second-order valence-electron chi connectivity index (χ2n) is 2.39. The lowest BCUT2D eigenvalue weighted by Gasteiger charge is -2.09. The molecule has 0 unspecified atom stereocenters. The summed E-state index contributed by atoms with van der Waals surface area (Å²) >= 11 is 2.74. The summed E-state index contributed by atoms with van der Waals surface area (Å²) in [4.78, 5) is 3.27. The van der Waals surface area contributed by atoms with Crippen LogP contribution in [0.2, 0.25) is 0 Å². The van der Waals surface area contributed by atoms with Gasteiger partial charge in [0.2, 0.25) is 5.88 Å². The number of aromatic nitrogens is 1. The molecular weight excluding hydrogens is 270 g/mol. The summed E-state index contributed by atoms with van der Waals surface area (Å²) in [7, 11) is 0. The van der Waals surface area contributed by atoms with Gasteiger partial charge in [0.15, 0.2) is 5.82 Å².